The Morgan fingerprint density at radius 3 is 2.33 bits per heavy atom. The van der Waals surface area contributed by atoms with E-state index in [-0.39, 0.29) is 0 Å². The van der Waals surface area contributed by atoms with Crippen LogP contribution in [0.15, 0.2) is 48.5 Å². The van der Waals surface area contributed by atoms with Crippen LogP contribution in [-0.4, -0.2) is 11.1 Å². The zero-order valence-corrected chi connectivity index (χ0v) is 12.5. The number of hydrogen-bond acceptors (Lipinski definition) is 2. The van der Waals surface area contributed by atoms with Gasteiger partial charge in [0.05, 0.1) is 5.56 Å². The molecule has 0 spiro atoms. The first-order valence-corrected chi connectivity index (χ1v) is 7.18. The van der Waals surface area contributed by atoms with Gasteiger partial charge in [-0.15, -0.1) is 0 Å². The van der Waals surface area contributed by atoms with E-state index in [9.17, 15) is 4.79 Å². The van der Waals surface area contributed by atoms with Crippen molar-refractivity contribution in [1.82, 2.24) is 5.32 Å². The molecule has 0 heterocycles. The summed E-state index contributed by atoms with van der Waals surface area (Å²) in [7, 11) is 0. The molecule has 0 fully saturated rings. The zero-order chi connectivity index (χ0) is 15.2. The second-order valence-corrected chi connectivity index (χ2v) is 5.46. The molecule has 0 saturated heterocycles. The lowest BCUT2D eigenvalue weighted by molar-refractivity contribution is 0.0695. The van der Waals surface area contributed by atoms with Crippen LogP contribution >= 0.6 is 0 Å². The lowest BCUT2D eigenvalue weighted by Crippen LogP contribution is -2.15. The maximum Gasteiger partial charge on any atom is 0.336 e. The largest absolute Gasteiger partial charge is 0.478 e. The van der Waals surface area contributed by atoms with Crippen molar-refractivity contribution in [2.75, 3.05) is 0 Å². The number of carboxylic acid groups (broad SMARTS) is 1. The molecule has 2 rings (SSSR count). The molecule has 0 aliphatic rings. The smallest absolute Gasteiger partial charge is 0.336 e. The van der Waals surface area contributed by atoms with E-state index in [0.29, 0.717) is 18.0 Å². The van der Waals surface area contributed by atoms with Gasteiger partial charge in [0.15, 0.2) is 0 Å². The van der Waals surface area contributed by atoms with Gasteiger partial charge in [0, 0.05) is 13.1 Å². The lowest BCUT2D eigenvalue weighted by Gasteiger charge is -2.09. The summed E-state index contributed by atoms with van der Waals surface area (Å²) in [6.45, 7) is 5.63. The SMILES string of the molecule is CC(C)c1ccc(CNCc2ccccc2C(=O)O)cc1. The van der Waals surface area contributed by atoms with Crippen molar-refractivity contribution in [3.8, 4) is 0 Å². The number of carbonyl (C=O) groups is 1. The summed E-state index contributed by atoms with van der Waals surface area (Å²) >= 11 is 0. The Kier molecular flexibility index (Phi) is 5.12. The zero-order valence-electron chi connectivity index (χ0n) is 12.5. The highest BCUT2D eigenvalue weighted by atomic mass is 16.4. The normalized spacial score (nSPS) is 10.8. The average molecular weight is 283 g/mol. The van der Waals surface area contributed by atoms with Gasteiger partial charge in [0.25, 0.3) is 0 Å². The minimum atomic E-state index is -0.881. The van der Waals surface area contributed by atoms with Crippen molar-refractivity contribution in [3.63, 3.8) is 0 Å². The topological polar surface area (TPSA) is 49.3 Å². The Balaban J connectivity index is 1.94. The van der Waals surface area contributed by atoms with E-state index in [1.54, 1.807) is 12.1 Å². The van der Waals surface area contributed by atoms with Crippen LogP contribution in [0.5, 0.6) is 0 Å². The Labute approximate surface area is 125 Å². The first kappa shape index (κ1) is 15.3. The molecule has 3 heteroatoms. The second-order valence-electron chi connectivity index (χ2n) is 5.46. The van der Waals surface area contributed by atoms with Gasteiger partial charge in [-0.3, -0.25) is 0 Å². The fourth-order valence-electron chi connectivity index (χ4n) is 2.24. The summed E-state index contributed by atoms with van der Waals surface area (Å²) < 4.78 is 0. The molecule has 0 bridgehead atoms. The van der Waals surface area contributed by atoms with Crippen molar-refractivity contribution in [3.05, 3.63) is 70.8 Å². The van der Waals surface area contributed by atoms with Crippen LogP contribution in [-0.2, 0) is 13.1 Å². The molecule has 2 aromatic rings. The van der Waals surface area contributed by atoms with Crippen LogP contribution < -0.4 is 5.32 Å². The minimum absolute atomic E-state index is 0.361. The maximum absolute atomic E-state index is 11.1. The molecule has 21 heavy (non-hydrogen) atoms. The van der Waals surface area contributed by atoms with Crippen molar-refractivity contribution >= 4 is 5.97 Å². The van der Waals surface area contributed by atoms with E-state index < -0.39 is 5.97 Å². The second kappa shape index (κ2) is 7.04. The number of hydrogen-bond donors (Lipinski definition) is 2. The predicted octanol–water partition coefficient (Wildman–Crippen LogP) is 3.80. The van der Waals surface area contributed by atoms with E-state index in [4.69, 9.17) is 5.11 Å². The average Bonchev–Trinajstić information content (AvgIpc) is 2.48. The summed E-state index contributed by atoms with van der Waals surface area (Å²) in [5.41, 5.74) is 3.70. The molecule has 0 saturated carbocycles. The minimum Gasteiger partial charge on any atom is -0.478 e. The highest BCUT2D eigenvalue weighted by Crippen LogP contribution is 2.15. The Bertz CT molecular complexity index is 603. The predicted molar refractivity (Wildman–Crippen MR) is 84.5 cm³/mol. The van der Waals surface area contributed by atoms with E-state index in [2.05, 4.69) is 43.4 Å². The Morgan fingerprint density at radius 2 is 1.71 bits per heavy atom. The molecule has 0 radical (unpaired) electrons. The Hall–Kier alpha value is -2.13. The van der Waals surface area contributed by atoms with Gasteiger partial charge in [-0.2, -0.15) is 0 Å². The van der Waals surface area contributed by atoms with Gasteiger partial charge in [-0.05, 0) is 28.7 Å². The van der Waals surface area contributed by atoms with Crippen LogP contribution in [0.3, 0.4) is 0 Å². The highest BCUT2D eigenvalue weighted by Gasteiger charge is 2.08. The van der Waals surface area contributed by atoms with Crippen LogP contribution in [0, 0.1) is 0 Å². The molecule has 0 aromatic heterocycles. The summed E-state index contributed by atoms with van der Waals surface area (Å²) in [5, 5.41) is 12.4. The van der Waals surface area contributed by atoms with E-state index in [1.165, 1.54) is 11.1 Å². The molecular weight excluding hydrogens is 262 g/mol. The highest BCUT2D eigenvalue weighted by molar-refractivity contribution is 5.89. The van der Waals surface area contributed by atoms with Crippen molar-refractivity contribution < 1.29 is 9.90 Å². The van der Waals surface area contributed by atoms with Crippen molar-refractivity contribution in [1.29, 1.82) is 0 Å². The first-order chi connectivity index (χ1) is 10.1. The number of benzene rings is 2. The van der Waals surface area contributed by atoms with E-state index in [1.807, 2.05) is 12.1 Å². The molecule has 0 atom stereocenters. The first-order valence-electron chi connectivity index (χ1n) is 7.18. The van der Waals surface area contributed by atoms with Gasteiger partial charge >= 0.3 is 5.97 Å². The molecule has 3 nitrogen and oxygen atoms in total. The Morgan fingerprint density at radius 1 is 1.05 bits per heavy atom. The third-order valence-corrected chi connectivity index (χ3v) is 3.54. The van der Waals surface area contributed by atoms with Crippen LogP contribution in [0.25, 0.3) is 0 Å². The van der Waals surface area contributed by atoms with Crippen LogP contribution in [0.1, 0.15) is 46.8 Å². The standard InChI is InChI=1S/C18H21NO2/c1-13(2)15-9-7-14(8-10-15)11-19-12-16-5-3-4-6-17(16)18(20)21/h3-10,13,19H,11-12H2,1-2H3,(H,20,21). The van der Waals surface area contributed by atoms with E-state index in [0.717, 1.165) is 12.1 Å². The third kappa shape index (κ3) is 4.17. The van der Waals surface area contributed by atoms with E-state index >= 15 is 0 Å². The van der Waals surface area contributed by atoms with Gasteiger partial charge in [0.2, 0.25) is 0 Å². The molecule has 0 aliphatic carbocycles. The molecule has 110 valence electrons. The van der Waals surface area contributed by atoms with Gasteiger partial charge < -0.3 is 10.4 Å². The van der Waals surface area contributed by atoms with Crippen LogP contribution in [0.2, 0.25) is 0 Å². The summed E-state index contributed by atoms with van der Waals surface area (Å²) in [5.74, 6) is -0.344. The number of aromatic carboxylic acids is 1. The maximum atomic E-state index is 11.1. The van der Waals surface area contributed by atoms with Crippen molar-refractivity contribution in [2.45, 2.75) is 32.9 Å². The molecule has 0 amide bonds. The quantitative estimate of drug-likeness (QED) is 0.847. The summed E-state index contributed by atoms with van der Waals surface area (Å²) in [4.78, 5) is 11.1. The lowest BCUT2D eigenvalue weighted by atomic mass is 10.0. The van der Waals surface area contributed by atoms with Crippen LogP contribution in [0.4, 0.5) is 0 Å². The van der Waals surface area contributed by atoms with Gasteiger partial charge in [-0.1, -0.05) is 56.3 Å². The fraction of sp³-hybridized carbons (Fsp3) is 0.278. The summed E-state index contributed by atoms with van der Waals surface area (Å²) in [6.07, 6.45) is 0. The van der Waals surface area contributed by atoms with Gasteiger partial charge in [-0.25, -0.2) is 4.79 Å². The monoisotopic (exact) mass is 283 g/mol. The summed E-state index contributed by atoms with van der Waals surface area (Å²) in [6, 6.07) is 15.6. The third-order valence-electron chi connectivity index (χ3n) is 3.54. The molecule has 2 aromatic carbocycles. The molecular formula is C18H21NO2. The number of rotatable bonds is 6. The van der Waals surface area contributed by atoms with Crippen molar-refractivity contribution in [2.24, 2.45) is 0 Å². The molecule has 0 unspecified atom stereocenters. The fourth-order valence-corrected chi connectivity index (χ4v) is 2.24. The number of nitrogens with one attached hydrogen (secondary N) is 1. The molecule has 0 aliphatic heterocycles. The van der Waals surface area contributed by atoms with Gasteiger partial charge in [0.1, 0.15) is 0 Å². The number of carboxylic acids is 1. The molecule has 2 N–H and O–H groups in total.